The fourth-order valence-corrected chi connectivity index (χ4v) is 7.92. The van der Waals surface area contributed by atoms with E-state index in [-0.39, 0.29) is 0 Å². The number of nitrogens with zero attached hydrogens (tertiary/aromatic N) is 1. The number of benzene rings is 9. The summed E-state index contributed by atoms with van der Waals surface area (Å²) < 4.78 is 7.33. The Balaban J connectivity index is 1.25. The molecule has 1 heterocycles. The number of para-hydroxylation sites is 2. The minimum Gasteiger partial charge on any atom is -0.454 e. The second kappa shape index (κ2) is 13.4. The zero-order valence-electron chi connectivity index (χ0n) is 29.6. The predicted octanol–water partition coefficient (Wildman–Crippen LogP) is 14.8. The van der Waals surface area contributed by atoms with Crippen LogP contribution in [0.2, 0.25) is 0 Å². The largest absolute Gasteiger partial charge is 0.454 e. The van der Waals surface area contributed by atoms with Crippen LogP contribution < -0.4 is 9.64 Å². The monoisotopic (exact) mass is 689 g/mol. The Morgan fingerprint density at radius 2 is 0.815 bits per heavy atom. The quantitative estimate of drug-likeness (QED) is 0.172. The van der Waals surface area contributed by atoms with Gasteiger partial charge in [-0.1, -0.05) is 170 Å². The van der Waals surface area contributed by atoms with Gasteiger partial charge in [0.2, 0.25) is 0 Å². The summed E-state index contributed by atoms with van der Waals surface area (Å²) in [5.74, 6) is 1.64. The molecule has 254 valence electrons. The van der Waals surface area contributed by atoms with Crippen LogP contribution in [0.1, 0.15) is 0 Å². The molecule has 2 heteroatoms. The van der Waals surface area contributed by atoms with E-state index in [4.69, 9.17) is 4.74 Å². The van der Waals surface area contributed by atoms with Crippen molar-refractivity contribution in [1.82, 2.24) is 0 Å². The van der Waals surface area contributed by atoms with E-state index in [0.717, 1.165) is 73.1 Å². The molecule has 0 radical (unpaired) electrons. The molecule has 54 heavy (non-hydrogen) atoms. The van der Waals surface area contributed by atoms with Crippen molar-refractivity contribution in [3.8, 4) is 67.1 Å². The number of fused-ring (bicyclic) bond motifs is 6. The van der Waals surface area contributed by atoms with E-state index < -0.39 is 0 Å². The summed E-state index contributed by atoms with van der Waals surface area (Å²) in [6, 6.07) is 75.7. The van der Waals surface area contributed by atoms with Crippen LogP contribution in [-0.2, 0) is 0 Å². The van der Waals surface area contributed by atoms with E-state index in [2.05, 4.69) is 217 Å². The molecular formula is C52H35NO. The molecule has 0 bridgehead atoms. The highest BCUT2D eigenvalue weighted by Crippen LogP contribution is 2.55. The highest BCUT2D eigenvalue weighted by molar-refractivity contribution is 6.05. The van der Waals surface area contributed by atoms with Gasteiger partial charge in [0.25, 0.3) is 0 Å². The maximum absolute atomic E-state index is 7.33. The van der Waals surface area contributed by atoms with Gasteiger partial charge in [-0.05, 0) is 92.2 Å². The van der Waals surface area contributed by atoms with Crippen molar-refractivity contribution in [3.05, 3.63) is 212 Å². The third-order valence-corrected chi connectivity index (χ3v) is 10.5. The summed E-state index contributed by atoms with van der Waals surface area (Å²) in [5.41, 5.74) is 14.4. The number of anilines is 3. The van der Waals surface area contributed by atoms with Crippen LogP contribution in [0.15, 0.2) is 212 Å². The Morgan fingerprint density at radius 1 is 0.315 bits per heavy atom. The first-order valence-corrected chi connectivity index (χ1v) is 18.4. The van der Waals surface area contributed by atoms with Gasteiger partial charge in [0.1, 0.15) is 5.75 Å². The van der Waals surface area contributed by atoms with E-state index in [1.54, 1.807) is 0 Å². The lowest BCUT2D eigenvalue weighted by atomic mass is 9.87. The van der Waals surface area contributed by atoms with Gasteiger partial charge < -0.3 is 9.64 Å². The van der Waals surface area contributed by atoms with Gasteiger partial charge in [-0.2, -0.15) is 0 Å². The van der Waals surface area contributed by atoms with Crippen molar-refractivity contribution >= 4 is 27.8 Å². The Labute approximate surface area is 315 Å². The Morgan fingerprint density at radius 3 is 1.52 bits per heavy atom. The molecule has 9 aromatic carbocycles. The van der Waals surface area contributed by atoms with Crippen LogP contribution in [0.5, 0.6) is 11.5 Å². The van der Waals surface area contributed by atoms with E-state index in [1.807, 2.05) is 0 Å². The number of rotatable bonds is 6. The van der Waals surface area contributed by atoms with Crippen LogP contribution in [0, 0.1) is 0 Å². The summed E-state index contributed by atoms with van der Waals surface area (Å²) >= 11 is 0. The molecule has 0 spiro atoms. The molecule has 1 aliphatic heterocycles. The van der Waals surface area contributed by atoms with Gasteiger partial charge in [0.15, 0.2) is 5.75 Å². The second-order valence-electron chi connectivity index (χ2n) is 13.7. The molecule has 10 rings (SSSR count). The van der Waals surface area contributed by atoms with Crippen LogP contribution in [0.4, 0.5) is 17.1 Å². The van der Waals surface area contributed by atoms with Gasteiger partial charge >= 0.3 is 0 Å². The molecule has 0 unspecified atom stereocenters. The van der Waals surface area contributed by atoms with Crippen molar-refractivity contribution in [2.45, 2.75) is 0 Å². The van der Waals surface area contributed by atoms with E-state index in [1.165, 1.54) is 21.9 Å². The fourth-order valence-electron chi connectivity index (χ4n) is 7.92. The lowest BCUT2D eigenvalue weighted by Crippen LogP contribution is -2.12. The van der Waals surface area contributed by atoms with E-state index >= 15 is 0 Å². The maximum Gasteiger partial charge on any atom is 0.159 e. The minimum atomic E-state index is 0.813. The molecule has 0 saturated heterocycles. The molecule has 0 amide bonds. The van der Waals surface area contributed by atoms with Crippen molar-refractivity contribution in [2.24, 2.45) is 0 Å². The normalized spacial score (nSPS) is 11.5. The molecule has 0 N–H and O–H groups in total. The summed E-state index contributed by atoms with van der Waals surface area (Å²) in [5, 5.41) is 2.39. The molecule has 2 nitrogen and oxygen atoms in total. The lowest BCUT2D eigenvalue weighted by molar-refractivity contribution is 0.489. The van der Waals surface area contributed by atoms with Crippen LogP contribution >= 0.6 is 0 Å². The number of hydrogen-bond donors (Lipinski definition) is 0. The first-order chi connectivity index (χ1) is 26.8. The van der Waals surface area contributed by atoms with Crippen LogP contribution in [0.25, 0.3) is 66.4 Å². The molecular weight excluding hydrogens is 655 g/mol. The van der Waals surface area contributed by atoms with Crippen molar-refractivity contribution in [2.75, 3.05) is 4.90 Å². The molecule has 0 fully saturated rings. The summed E-state index contributed by atoms with van der Waals surface area (Å²) in [6.07, 6.45) is 0. The predicted molar refractivity (Wildman–Crippen MR) is 226 cm³/mol. The van der Waals surface area contributed by atoms with Gasteiger partial charge in [-0.25, -0.2) is 0 Å². The first kappa shape index (κ1) is 31.6. The summed E-state index contributed by atoms with van der Waals surface area (Å²) in [4.78, 5) is 2.36. The standard InChI is InChI=1S/C52H35NO/c1-4-16-36(17-5-1)37-30-32-42(33-31-37)53(48-27-13-12-24-43(48)38-18-6-2-7-19-38)49-28-14-26-45-46-34-40-22-10-11-23-41(40)35-47(46)51-44(39-20-8-3-9-21-39)25-15-29-50(51)54-52(45)49/h1-35H. The fraction of sp³-hybridized carbons (Fsp3) is 0. The van der Waals surface area contributed by atoms with E-state index in [9.17, 15) is 0 Å². The minimum absolute atomic E-state index is 0.813. The highest BCUT2D eigenvalue weighted by Gasteiger charge is 2.29. The Bertz CT molecular complexity index is 2770. The molecule has 0 aliphatic carbocycles. The Kier molecular flexibility index (Phi) is 7.85. The zero-order chi connectivity index (χ0) is 35.8. The average Bonchev–Trinajstić information content (AvgIpc) is 3.39. The van der Waals surface area contributed by atoms with Gasteiger partial charge in [0.05, 0.1) is 11.4 Å². The highest BCUT2D eigenvalue weighted by atomic mass is 16.5. The zero-order valence-corrected chi connectivity index (χ0v) is 29.6. The van der Waals surface area contributed by atoms with Gasteiger partial charge in [-0.15, -0.1) is 0 Å². The third-order valence-electron chi connectivity index (χ3n) is 10.5. The Hall–Kier alpha value is -7.16. The summed E-state index contributed by atoms with van der Waals surface area (Å²) in [7, 11) is 0. The second-order valence-corrected chi connectivity index (χ2v) is 13.7. The third kappa shape index (κ3) is 5.53. The SMILES string of the molecule is c1ccc(-c2ccc(N(c3ccccc3-c3ccccc3)c3cccc4c3Oc3cccc(-c5ccccc5)c3-c3cc5ccccc5cc3-4)cc2)cc1. The van der Waals surface area contributed by atoms with Gasteiger partial charge in [-0.3, -0.25) is 0 Å². The first-order valence-electron chi connectivity index (χ1n) is 18.4. The molecule has 9 aromatic rings. The average molecular weight is 690 g/mol. The van der Waals surface area contributed by atoms with Crippen LogP contribution in [0.3, 0.4) is 0 Å². The maximum atomic E-state index is 7.33. The smallest absolute Gasteiger partial charge is 0.159 e. The lowest BCUT2D eigenvalue weighted by Gasteiger charge is -2.30. The van der Waals surface area contributed by atoms with Crippen molar-refractivity contribution < 1.29 is 4.74 Å². The molecule has 1 aliphatic rings. The summed E-state index contributed by atoms with van der Waals surface area (Å²) in [6.45, 7) is 0. The topological polar surface area (TPSA) is 12.5 Å². The number of hydrogen-bond acceptors (Lipinski definition) is 2. The molecule has 0 aromatic heterocycles. The van der Waals surface area contributed by atoms with Crippen LogP contribution in [-0.4, -0.2) is 0 Å². The number of ether oxygens (including phenoxy) is 1. The molecule has 0 saturated carbocycles. The molecule has 0 atom stereocenters. The van der Waals surface area contributed by atoms with Gasteiger partial charge in [0, 0.05) is 22.4 Å². The van der Waals surface area contributed by atoms with Crippen molar-refractivity contribution in [3.63, 3.8) is 0 Å². The van der Waals surface area contributed by atoms with Crippen molar-refractivity contribution in [1.29, 1.82) is 0 Å². The van der Waals surface area contributed by atoms with E-state index in [0.29, 0.717) is 0 Å².